The molecule has 186 valence electrons. The SMILES string of the molecule is CCOC(=O)c1cccc(-n2c(C)cc(/C=C3\SC(=O)N(CCOc4ccc(C)cc4)C3=O)c2C)c1. The molecule has 1 aromatic heterocycles. The average Bonchev–Trinajstić information content (AvgIpc) is 3.29. The number of thioether (sulfide) groups is 1. The maximum Gasteiger partial charge on any atom is 0.338 e. The van der Waals surface area contributed by atoms with E-state index in [-0.39, 0.29) is 30.3 Å². The normalized spacial score (nSPS) is 14.6. The first-order chi connectivity index (χ1) is 17.3. The van der Waals surface area contributed by atoms with Crippen LogP contribution in [0.4, 0.5) is 4.79 Å². The van der Waals surface area contributed by atoms with Gasteiger partial charge in [-0.25, -0.2) is 4.79 Å². The summed E-state index contributed by atoms with van der Waals surface area (Å²) in [5, 5.41) is -0.310. The van der Waals surface area contributed by atoms with E-state index < -0.39 is 0 Å². The van der Waals surface area contributed by atoms with Crippen LogP contribution in [0.25, 0.3) is 11.8 Å². The van der Waals surface area contributed by atoms with Crippen molar-refractivity contribution in [3.05, 3.63) is 87.6 Å². The Morgan fingerprint density at radius 2 is 1.78 bits per heavy atom. The molecule has 36 heavy (non-hydrogen) atoms. The van der Waals surface area contributed by atoms with E-state index >= 15 is 0 Å². The maximum absolute atomic E-state index is 13.0. The Morgan fingerprint density at radius 1 is 1.03 bits per heavy atom. The zero-order valence-corrected chi connectivity index (χ0v) is 21.6. The van der Waals surface area contributed by atoms with E-state index in [1.165, 1.54) is 4.90 Å². The van der Waals surface area contributed by atoms with E-state index in [9.17, 15) is 14.4 Å². The minimum atomic E-state index is -0.373. The van der Waals surface area contributed by atoms with Gasteiger partial charge in [-0.05, 0) is 87.5 Å². The number of ether oxygens (including phenoxy) is 2. The van der Waals surface area contributed by atoms with Gasteiger partial charge in [0.1, 0.15) is 12.4 Å². The van der Waals surface area contributed by atoms with Crippen LogP contribution in [0.2, 0.25) is 0 Å². The molecule has 0 unspecified atom stereocenters. The van der Waals surface area contributed by atoms with Gasteiger partial charge in [-0.2, -0.15) is 0 Å². The smallest absolute Gasteiger partial charge is 0.338 e. The van der Waals surface area contributed by atoms with Gasteiger partial charge in [-0.15, -0.1) is 0 Å². The summed E-state index contributed by atoms with van der Waals surface area (Å²) >= 11 is 0.929. The molecule has 2 aromatic carbocycles. The second kappa shape index (κ2) is 10.9. The monoisotopic (exact) mass is 504 g/mol. The van der Waals surface area contributed by atoms with Crippen LogP contribution >= 0.6 is 11.8 Å². The Labute approximate surface area is 214 Å². The van der Waals surface area contributed by atoms with Crippen LogP contribution in [0.3, 0.4) is 0 Å². The molecule has 0 N–H and O–H groups in total. The van der Waals surface area contributed by atoms with Gasteiger partial charge in [0, 0.05) is 17.1 Å². The van der Waals surface area contributed by atoms with E-state index in [2.05, 4.69) is 0 Å². The molecule has 0 bridgehead atoms. The number of carbonyl (C=O) groups is 3. The fourth-order valence-corrected chi connectivity index (χ4v) is 4.90. The van der Waals surface area contributed by atoms with Crippen LogP contribution < -0.4 is 4.74 Å². The quantitative estimate of drug-likeness (QED) is 0.290. The molecule has 1 saturated heterocycles. The van der Waals surface area contributed by atoms with Gasteiger partial charge in [0.2, 0.25) is 0 Å². The Kier molecular flexibility index (Phi) is 7.64. The summed E-state index contributed by atoms with van der Waals surface area (Å²) in [5.74, 6) is -0.00346. The topological polar surface area (TPSA) is 77.8 Å². The summed E-state index contributed by atoms with van der Waals surface area (Å²) in [6.45, 7) is 8.36. The Balaban J connectivity index is 1.50. The number of benzene rings is 2. The van der Waals surface area contributed by atoms with E-state index in [4.69, 9.17) is 9.47 Å². The summed E-state index contributed by atoms with van der Waals surface area (Å²) < 4.78 is 12.8. The molecule has 0 aliphatic carbocycles. The fourth-order valence-electron chi connectivity index (χ4n) is 4.04. The number of hydrogen-bond acceptors (Lipinski definition) is 6. The molecular formula is C28H28N2O5S. The summed E-state index contributed by atoms with van der Waals surface area (Å²) in [4.78, 5) is 39.3. The summed E-state index contributed by atoms with van der Waals surface area (Å²) in [5.41, 5.74) is 5.07. The van der Waals surface area contributed by atoms with Gasteiger partial charge in [0.15, 0.2) is 0 Å². The molecular weight excluding hydrogens is 476 g/mol. The first kappa shape index (κ1) is 25.3. The molecule has 0 spiro atoms. The molecule has 0 saturated carbocycles. The molecule has 1 aliphatic rings. The maximum atomic E-state index is 13.0. The summed E-state index contributed by atoms with van der Waals surface area (Å²) in [6, 6.07) is 16.8. The number of esters is 1. The lowest BCUT2D eigenvalue weighted by Gasteiger charge is -2.13. The van der Waals surface area contributed by atoms with Crippen LogP contribution in [0.1, 0.15) is 39.8 Å². The third kappa shape index (κ3) is 5.39. The minimum Gasteiger partial charge on any atom is -0.492 e. The number of hydrogen-bond donors (Lipinski definition) is 0. The van der Waals surface area contributed by atoms with Crippen LogP contribution in [0, 0.1) is 20.8 Å². The van der Waals surface area contributed by atoms with Gasteiger partial charge >= 0.3 is 5.97 Å². The molecule has 2 heterocycles. The van der Waals surface area contributed by atoms with Crippen LogP contribution in [0.15, 0.2) is 59.5 Å². The van der Waals surface area contributed by atoms with Gasteiger partial charge in [-0.1, -0.05) is 23.8 Å². The highest BCUT2D eigenvalue weighted by Crippen LogP contribution is 2.33. The van der Waals surface area contributed by atoms with Crippen molar-refractivity contribution in [2.24, 2.45) is 0 Å². The van der Waals surface area contributed by atoms with Gasteiger partial charge in [-0.3, -0.25) is 14.5 Å². The number of amides is 2. The standard InChI is InChI=1S/C28H28N2O5S/c1-5-34-27(32)21-7-6-8-23(16-21)30-19(3)15-22(20(30)4)17-25-26(31)29(28(33)36-25)13-14-35-24-11-9-18(2)10-12-24/h6-12,15-17H,5,13-14H2,1-4H3/b25-17-. The van der Waals surface area contributed by atoms with E-state index in [0.29, 0.717) is 22.8 Å². The molecule has 8 heteroatoms. The highest BCUT2D eigenvalue weighted by atomic mass is 32.2. The Hall–Kier alpha value is -3.78. The second-order valence-corrected chi connectivity index (χ2v) is 9.42. The van der Waals surface area contributed by atoms with Crippen molar-refractivity contribution in [1.29, 1.82) is 0 Å². The first-order valence-electron chi connectivity index (χ1n) is 11.7. The molecule has 1 fully saturated rings. The molecule has 0 radical (unpaired) electrons. The lowest BCUT2D eigenvalue weighted by atomic mass is 10.2. The highest BCUT2D eigenvalue weighted by molar-refractivity contribution is 8.18. The number of aromatic nitrogens is 1. The number of aryl methyl sites for hydroxylation is 2. The van der Waals surface area contributed by atoms with Gasteiger partial charge in [0.05, 0.1) is 23.6 Å². The Morgan fingerprint density at radius 3 is 2.50 bits per heavy atom. The molecule has 1 aliphatic heterocycles. The third-order valence-electron chi connectivity index (χ3n) is 5.85. The highest BCUT2D eigenvalue weighted by Gasteiger charge is 2.35. The van der Waals surface area contributed by atoms with Crippen LogP contribution in [-0.4, -0.2) is 46.3 Å². The molecule has 4 rings (SSSR count). The zero-order valence-electron chi connectivity index (χ0n) is 20.7. The number of carbonyl (C=O) groups excluding carboxylic acids is 3. The fraction of sp³-hybridized carbons (Fsp3) is 0.250. The van der Waals surface area contributed by atoms with Crippen LogP contribution in [0.5, 0.6) is 5.75 Å². The molecule has 2 amide bonds. The lowest BCUT2D eigenvalue weighted by Crippen LogP contribution is -2.32. The third-order valence-corrected chi connectivity index (χ3v) is 6.76. The number of nitrogens with zero attached hydrogens (tertiary/aromatic N) is 2. The molecule has 7 nitrogen and oxygen atoms in total. The van der Waals surface area contributed by atoms with Gasteiger partial charge < -0.3 is 14.0 Å². The largest absolute Gasteiger partial charge is 0.492 e. The van der Waals surface area contributed by atoms with Gasteiger partial charge in [0.25, 0.3) is 11.1 Å². The van der Waals surface area contributed by atoms with Crippen molar-refractivity contribution in [1.82, 2.24) is 9.47 Å². The average molecular weight is 505 g/mol. The van der Waals surface area contributed by atoms with Crippen molar-refractivity contribution >= 4 is 35.0 Å². The lowest BCUT2D eigenvalue weighted by molar-refractivity contribution is -0.123. The first-order valence-corrected chi connectivity index (χ1v) is 12.5. The number of imide groups is 1. The second-order valence-electron chi connectivity index (χ2n) is 8.43. The van der Waals surface area contributed by atoms with E-state index in [0.717, 1.165) is 40.0 Å². The van der Waals surface area contributed by atoms with E-state index in [1.54, 1.807) is 25.1 Å². The number of rotatable bonds is 8. The molecule has 0 atom stereocenters. The van der Waals surface area contributed by atoms with Crippen molar-refractivity contribution in [3.8, 4) is 11.4 Å². The Bertz CT molecular complexity index is 1340. The van der Waals surface area contributed by atoms with Crippen LogP contribution in [-0.2, 0) is 9.53 Å². The van der Waals surface area contributed by atoms with Crippen molar-refractivity contribution in [2.75, 3.05) is 19.8 Å². The predicted molar refractivity (Wildman–Crippen MR) is 141 cm³/mol. The summed E-state index contributed by atoms with van der Waals surface area (Å²) in [6.07, 6.45) is 1.75. The minimum absolute atomic E-state index is 0.176. The summed E-state index contributed by atoms with van der Waals surface area (Å²) in [7, 11) is 0. The molecule has 3 aromatic rings. The van der Waals surface area contributed by atoms with E-state index in [1.807, 2.05) is 67.8 Å². The van der Waals surface area contributed by atoms with Crippen molar-refractivity contribution < 1.29 is 23.9 Å². The zero-order chi connectivity index (χ0) is 25.8. The van der Waals surface area contributed by atoms with Crippen molar-refractivity contribution in [3.63, 3.8) is 0 Å². The predicted octanol–water partition coefficient (Wildman–Crippen LogP) is 5.69. The van der Waals surface area contributed by atoms with Crippen molar-refractivity contribution in [2.45, 2.75) is 27.7 Å².